The van der Waals surface area contributed by atoms with Gasteiger partial charge in [0.1, 0.15) is 50.7 Å². The summed E-state index contributed by atoms with van der Waals surface area (Å²) in [4.78, 5) is 45.9. The molecule has 2 saturated heterocycles. The molecule has 3 aromatic rings. The van der Waals surface area contributed by atoms with Crippen LogP contribution in [0, 0.1) is 0 Å². The third-order valence-electron chi connectivity index (χ3n) is 6.43. The first-order valence-corrected chi connectivity index (χ1v) is 15.2. The Labute approximate surface area is 252 Å². The van der Waals surface area contributed by atoms with Gasteiger partial charge >= 0.3 is 7.82 Å². The van der Waals surface area contributed by atoms with Gasteiger partial charge in [0.2, 0.25) is 0 Å². The Morgan fingerprint density at radius 1 is 1.09 bits per heavy atom. The number of hydrogen-bond acceptors (Lipinski definition) is 17. The fourth-order valence-electron chi connectivity index (χ4n) is 4.31. The molecule has 0 radical (unpaired) electrons. The molecule has 0 saturated carbocycles. The first-order chi connectivity index (χ1) is 22.3. The number of rotatable bonds is 11. The number of carbonyl (C=O) groups excluding carboxylic acids is 1. The van der Waals surface area contributed by atoms with E-state index in [0.717, 1.165) is 6.33 Å². The molecular weight excluding hydrogens is 636 g/mol. The number of phosphoric acid groups is 2. The van der Waals surface area contributed by atoms with E-state index >= 15 is 0 Å². The van der Waals surface area contributed by atoms with Gasteiger partial charge in [0.25, 0.3) is 20.0 Å². The highest BCUT2D eigenvalue weighted by atomic mass is 31.3. The van der Waals surface area contributed by atoms with Crippen molar-refractivity contribution in [2.45, 2.75) is 49.1 Å². The Hall–Kier alpha value is -3.01. The average Bonchev–Trinajstić information content (AvgIpc) is 3.64. The summed E-state index contributed by atoms with van der Waals surface area (Å²) in [6.07, 6.45) is -13.4. The number of ether oxygens (including phenoxy) is 2. The molecule has 0 aliphatic carbocycles. The van der Waals surface area contributed by atoms with Gasteiger partial charge in [-0.3, -0.25) is 18.5 Å². The molecule has 21 nitrogen and oxygen atoms in total. The zero-order chi connectivity index (χ0) is 35.5. The Bertz CT molecular complexity index is 1840. The number of nitrogens with zero attached hydrogens (tertiary/aromatic N) is 5. The van der Waals surface area contributed by atoms with Gasteiger partial charge in [0, 0.05) is 6.04 Å². The number of aromatic nitrogens is 5. The van der Waals surface area contributed by atoms with Crippen LogP contribution in [0.4, 0.5) is 5.82 Å². The minimum atomic E-state index is -5.78. The third kappa shape index (κ3) is 6.65. The lowest BCUT2D eigenvalue weighted by Crippen LogP contribution is -2.46. The van der Waals surface area contributed by atoms with Crippen LogP contribution in [-0.2, 0) is 32.0 Å². The van der Waals surface area contributed by atoms with E-state index in [1.54, 1.807) is 0 Å². The minimum absolute atomic E-state index is 0.0169. The molecule has 1 amide bonds. The number of aliphatic hydroxyl groups excluding tert-OH is 4. The van der Waals surface area contributed by atoms with Gasteiger partial charge in [-0.25, -0.2) is 23.8 Å². The van der Waals surface area contributed by atoms with Gasteiger partial charge in [-0.05, 0) is 6.04 Å². The summed E-state index contributed by atoms with van der Waals surface area (Å²) in [5, 5.41) is 41.8. The van der Waals surface area contributed by atoms with Crippen molar-refractivity contribution in [1.29, 1.82) is 0 Å². The van der Waals surface area contributed by atoms with Crippen LogP contribution in [0.15, 0.2) is 37.1 Å². The molecule has 9 N–H and O–H groups in total. The number of hydrogen-bond donors (Lipinski definition) is 7. The molecule has 240 valence electrons. The van der Waals surface area contributed by atoms with Crippen molar-refractivity contribution in [2.75, 3.05) is 18.9 Å². The lowest BCUT2D eigenvalue weighted by Gasteiger charge is -2.26. The van der Waals surface area contributed by atoms with Gasteiger partial charge < -0.3 is 55.7 Å². The van der Waals surface area contributed by atoms with Crippen molar-refractivity contribution in [3.63, 3.8) is 0 Å². The number of nitrogens with two attached hydrogens (primary N) is 2. The molecule has 0 bridgehead atoms. The van der Waals surface area contributed by atoms with E-state index in [0.29, 0.717) is 4.57 Å². The molecule has 4 unspecified atom stereocenters. The van der Waals surface area contributed by atoms with Crippen LogP contribution >= 0.6 is 15.6 Å². The van der Waals surface area contributed by atoms with Crippen molar-refractivity contribution >= 4 is 38.5 Å². The Kier molecular flexibility index (Phi) is 7.70. The molecule has 2 fully saturated rings. The van der Waals surface area contributed by atoms with Crippen LogP contribution < -0.4 is 20.9 Å². The van der Waals surface area contributed by atoms with Crippen molar-refractivity contribution < 1.29 is 77.0 Å². The number of nitrogen functional groups attached to an aromatic ring is 1. The summed E-state index contributed by atoms with van der Waals surface area (Å²) in [5.74, 6) is -1.29. The monoisotopic (exact) mass is 667 g/mol. The molecule has 2 aliphatic rings. The van der Waals surface area contributed by atoms with E-state index in [1.807, 2.05) is 0 Å². The summed E-state index contributed by atoms with van der Waals surface area (Å²) in [7, 11) is -11.3. The van der Waals surface area contributed by atoms with E-state index in [2.05, 4.69) is 28.3 Å². The van der Waals surface area contributed by atoms with Gasteiger partial charge in [-0.1, -0.05) is 0 Å². The second-order valence-corrected chi connectivity index (χ2v) is 12.3. The highest BCUT2D eigenvalue weighted by Crippen LogP contribution is 2.58. The summed E-state index contributed by atoms with van der Waals surface area (Å²) in [5.41, 5.74) is 10.4. The maximum absolute atomic E-state index is 12.4. The Morgan fingerprint density at radius 3 is 2.50 bits per heavy atom. The van der Waals surface area contributed by atoms with E-state index in [4.69, 9.17) is 26.4 Å². The quantitative estimate of drug-likeness (QED) is 0.0765. The van der Waals surface area contributed by atoms with Crippen LogP contribution in [0.1, 0.15) is 28.3 Å². The molecule has 10 atom stereocenters. The lowest BCUT2D eigenvalue weighted by molar-refractivity contribution is -0.765. The molecule has 5 heterocycles. The number of primary amides is 1. The molecular formula is C21H27N7O14P2. The summed E-state index contributed by atoms with van der Waals surface area (Å²) >= 11 is 0. The molecule has 0 spiro atoms. The number of imidazole rings is 1. The molecule has 0 aromatic carbocycles. The second kappa shape index (κ2) is 12.4. The summed E-state index contributed by atoms with van der Waals surface area (Å²) in [6.45, 7) is -2.16. The zero-order valence-electron chi connectivity index (χ0n) is 25.9. The minimum Gasteiger partial charge on any atom is -0.756 e. The van der Waals surface area contributed by atoms with Gasteiger partial charge in [-0.15, -0.1) is 0 Å². The zero-order valence-corrected chi connectivity index (χ0v) is 23.7. The fraction of sp³-hybridized carbons (Fsp3) is 0.476. The fourth-order valence-corrected chi connectivity index (χ4v) is 6.36. The van der Waals surface area contributed by atoms with Crippen LogP contribution in [0.5, 0.6) is 0 Å². The Morgan fingerprint density at radius 2 is 1.77 bits per heavy atom. The summed E-state index contributed by atoms with van der Waals surface area (Å²) in [6, 6.07) is -1.73. The van der Waals surface area contributed by atoms with Gasteiger partial charge in [0.05, 0.1) is 22.3 Å². The van der Waals surface area contributed by atoms with Crippen LogP contribution in [0.3, 0.4) is 0 Å². The van der Waals surface area contributed by atoms with Gasteiger partial charge in [0.15, 0.2) is 36.1 Å². The number of aliphatic hydroxyl groups is 4. The SMILES string of the molecule is [2H]c1c([2H])c([2H])[n+]([C@@H]2O[C@H](COP(=O)([O-])OP(=O)(O)OC[C@H]3O[C@@H](n4cnc5c(N)ncnc54)[C@@H](O)C3O)C(O)[C@@H]2O)c([2H])c1C(N)=O. The summed E-state index contributed by atoms with van der Waals surface area (Å²) < 4.78 is 82.5. The number of amides is 1. The van der Waals surface area contributed by atoms with Crippen LogP contribution in [0.25, 0.3) is 11.2 Å². The number of phosphoric ester groups is 2. The lowest BCUT2D eigenvalue weighted by atomic mass is 10.1. The van der Waals surface area contributed by atoms with Crippen LogP contribution in [-0.4, -0.2) is 101 Å². The van der Waals surface area contributed by atoms with E-state index in [-0.39, 0.29) is 17.0 Å². The molecule has 2 aliphatic heterocycles. The molecule has 23 heteroatoms. The van der Waals surface area contributed by atoms with E-state index in [9.17, 15) is 44.1 Å². The number of anilines is 1. The predicted molar refractivity (Wildman–Crippen MR) is 137 cm³/mol. The highest BCUT2D eigenvalue weighted by molar-refractivity contribution is 7.60. The maximum atomic E-state index is 12.4. The Balaban J connectivity index is 1.20. The third-order valence-corrected chi connectivity index (χ3v) is 9.00. The van der Waals surface area contributed by atoms with Crippen LogP contribution in [0.2, 0.25) is 0 Å². The second-order valence-electron chi connectivity index (χ2n) is 9.35. The number of carbonyl (C=O) groups is 1. The van der Waals surface area contributed by atoms with Crippen molar-refractivity contribution in [3.8, 4) is 0 Å². The number of pyridine rings is 1. The highest BCUT2D eigenvalue weighted by Gasteiger charge is 2.49. The normalized spacial score (nSPS) is 32.9. The topological polar surface area (TPSA) is 321 Å². The van der Waals surface area contributed by atoms with Crippen molar-refractivity contribution in [3.05, 3.63) is 42.6 Å². The standard InChI is InChI=1S/C21H27N7O14P2/c22-17-12-19(25-7-24-17)28(8-26-12)21-16(32)14(30)11(41-21)6-39-44(36,37)42-43(34,35)38-5-10-13(29)15(31)20(40-10)27-3-1-2-9(4-27)18(23)33/h1-4,7-8,10-11,13-16,20-21,29-32H,5-6H2,(H5-,22,23,24,25,33,34,35,36,37)/t10-,11-,13?,14?,15+,16+,20-,21-/m1/s1/i1D,2D,3D,4D. The molecule has 44 heavy (non-hydrogen) atoms. The van der Waals surface area contributed by atoms with Crippen molar-refractivity contribution in [1.82, 2.24) is 19.5 Å². The smallest absolute Gasteiger partial charge is 0.478 e. The van der Waals surface area contributed by atoms with E-state index in [1.165, 1.54) is 10.9 Å². The van der Waals surface area contributed by atoms with E-state index < -0.39 is 114 Å². The molecule has 3 aromatic heterocycles. The molecule has 5 rings (SSSR count). The van der Waals surface area contributed by atoms with Gasteiger partial charge in [-0.2, -0.15) is 4.57 Å². The predicted octanol–water partition coefficient (Wildman–Crippen LogP) is -3.65. The largest absolute Gasteiger partial charge is 0.756 e. The maximum Gasteiger partial charge on any atom is 0.478 e. The average molecular weight is 667 g/mol. The first-order valence-electron chi connectivity index (χ1n) is 14.3. The van der Waals surface area contributed by atoms with Crippen molar-refractivity contribution in [2.24, 2.45) is 5.73 Å². The number of fused-ring (bicyclic) bond motifs is 1. The first kappa shape index (κ1) is 27.3.